The number of hydrogen-bond acceptors (Lipinski definition) is 4. The minimum absolute atomic E-state index is 0.0803. The van der Waals surface area contributed by atoms with Gasteiger partial charge >= 0.3 is 11.9 Å². The van der Waals surface area contributed by atoms with Gasteiger partial charge in [0.15, 0.2) is 5.78 Å². The highest BCUT2D eigenvalue weighted by Crippen LogP contribution is 2.44. The molecule has 2 fully saturated rings. The van der Waals surface area contributed by atoms with Gasteiger partial charge in [0.05, 0.1) is 6.42 Å². The van der Waals surface area contributed by atoms with Gasteiger partial charge in [-0.3, -0.25) is 14.4 Å². The van der Waals surface area contributed by atoms with Gasteiger partial charge in [-0.2, -0.15) is 0 Å². The zero-order valence-corrected chi connectivity index (χ0v) is 8.59. The molecule has 1 saturated carbocycles. The largest absolute Gasteiger partial charge is 0.393 e. The number of hydrogen-bond donors (Lipinski definition) is 0. The van der Waals surface area contributed by atoms with Crippen LogP contribution >= 0.6 is 0 Å². The van der Waals surface area contributed by atoms with Gasteiger partial charge in [-0.15, -0.1) is 0 Å². The smallest absolute Gasteiger partial charge is 0.324 e. The third kappa shape index (κ3) is 1.32. The second-order valence-corrected chi connectivity index (χ2v) is 4.62. The van der Waals surface area contributed by atoms with Crippen molar-refractivity contribution in [3.05, 3.63) is 18.6 Å². The first-order valence-corrected chi connectivity index (χ1v) is 5.46. The lowest BCUT2D eigenvalue weighted by Gasteiger charge is -2.17. The topological polar surface area (TPSA) is 60.4 Å². The van der Waals surface area contributed by atoms with E-state index in [0.717, 1.165) is 6.42 Å². The van der Waals surface area contributed by atoms with Gasteiger partial charge in [-0.1, -0.05) is 12.2 Å². The summed E-state index contributed by atoms with van der Waals surface area (Å²) in [5, 5.41) is 0. The Morgan fingerprint density at radius 3 is 2.62 bits per heavy atom. The second kappa shape index (κ2) is 3.27. The summed E-state index contributed by atoms with van der Waals surface area (Å²) in [7, 11) is 0. The number of ether oxygens (including phenoxy) is 1. The molecule has 0 amide bonds. The number of Topliss-reactive ketones (excluding diaryl/α,β-unsaturated/α-hetero) is 1. The van der Waals surface area contributed by atoms with Crippen LogP contribution in [0.25, 0.3) is 0 Å². The van der Waals surface area contributed by atoms with E-state index in [-0.39, 0.29) is 24.0 Å². The van der Waals surface area contributed by atoms with Crippen LogP contribution in [0.1, 0.15) is 12.8 Å². The Hall–Kier alpha value is -1.45. The molecule has 1 heterocycles. The highest BCUT2D eigenvalue weighted by molar-refractivity contribution is 6.09. The van der Waals surface area contributed by atoms with Crippen LogP contribution in [0.2, 0.25) is 0 Å². The maximum absolute atomic E-state index is 12.1. The average molecular weight is 219 g/mol. The first kappa shape index (κ1) is 9.75. The molecular formula is C12H11O4. The number of allylic oxidation sites excluding steroid dienone is 2. The van der Waals surface area contributed by atoms with Gasteiger partial charge in [0.25, 0.3) is 0 Å². The summed E-state index contributed by atoms with van der Waals surface area (Å²) in [6.07, 6.45) is 7.00. The van der Waals surface area contributed by atoms with Crippen LogP contribution in [-0.2, 0) is 19.1 Å². The van der Waals surface area contributed by atoms with Gasteiger partial charge < -0.3 is 4.74 Å². The molecule has 4 atom stereocenters. The summed E-state index contributed by atoms with van der Waals surface area (Å²) >= 11 is 0. The highest BCUT2D eigenvalue weighted by atomic mass is 16.6. The van der Waals surface area contributed by atoms with E-state index in [1.54, 1.807) is 0 Å². The lowest BCUT2D eigenvalue weighted by Crippen LogP contribution is -2.29. The molecule has 83 valence electrons. The molecule has 0 N–H and O–H groups in total. The van der Waals surface area contributed by atoms with E-state index in [2.05, 4.69) is 10.8 Å². The lowest BCUT2D eigenvalue weighted by atomic mass is 9.83. The maximum Gasteiger partial charge on any atom is 0.324 e. The molecule has 4 heteroatoms. The SMILES string of the molecule is O=C1CC(C(=O)C2[CH]C3C=CC2C3)C(=O)O1. The summed E-state index contributed by atoms with van der Waals surface area (Å²) in [6, 6.07) is 0. The van der Waals surface area contributed by atoms with E-state index in [4.69, 9.17) is 0 Å². The normalized spacial score (nSPS) is 40.5. The molecule has 0 aromatic heterocycles. The summed E-state index contributed by atoms with van der Waals surface area (Å²) in [5.74, 6) is -1.86. The van der Waals surface area contributed by atoms with Gasteiger partial charge in [0.1, 0.15) is 5.92 Å². The maximum atomic E-state index is 12.1. The average Bonchev–Trinajstić information content (AvgIpc) is 2.91. The zero-order chi connectivity index (χ0) is 11.3. The van der Waals surface area contributed by atoms with E-state index in [9.17, 15) is 14.4 Å². The quantitative estimate of drug-likeness (QED) is 0.389. The van der Waals surface area contributed by atoms with Crippen LogP contribution in [-0.4, -0.2) is 17.7 Å². The third-order valence-corrected chi connectivity index (χ3v) is 3.61. The summed E-state index contributed by atoms with van der Waals surface area (Å²) in [5.41, 5.74) is 0. The molecule has 0 aromatic rings. The first-order valence-electron chi connectivity index (χ1n) is 5.46. The molecule has 1 aliphatic heterocycles. The molecule has 1 radical (unpaired) electrons. The number of carbonyl (C=O) groups is 3. The zero-order valence-electron chi connectivity index (χ0n) is 8.59. The van der Waals surface area contributed by atoms with Crippen molar-refractivity contribution in [3.63, 3.8) is 0 Å². The molecule has 1 saturated heterocycles. The molecule has 2 bridgehead atoms. The van der Waals surface area contributed by atoms with Crippen molar-refractivity contribution in [1.82, 2.24) is 0 Å². The van der Waals surface area contributed by atoms with Crippen LogP contribution in [0, 0.1) is 30.1 Å². The Labute approximate surface area is 92.6 Å². The fourth-order valence-electron chi connectivity index (χ4n) is 2.80. The summed E-state index contributed by atoms with van der Waals surface area (Å²) < 4.78 is 4.40. The highest BCUT2D eigenvalue weighted by Gasteiger charge is 2.47. The van der Waals surface area contributed by atoms with E-state index < -0.39 is 17.9 Å². The number of esters is 2. The molecule has 2 aliphatic carbocycles. The summed E-state index contributed by atoms with van der Waals surface area (Å²) in [4.78, 5) is 34.3. The number of ketones is 1. The number of rotatable bonds is 2. The van der Waals surface area contributed by atoms with Crippen molar-refractivity contribution < 1.29 is 19.1 Å². The predicted molar refractivity (Wildman–Crippen MR) is 52.7 cm³/mol. The van der Waals surface area contributed by atoms with Gasteiger partial charge in [-0.25, -0.2) is 0 Å². The fraction of sp³-hybridized carbons (Fsp3) is 0.500. The molecule has 3 aliphatic rings. The van der Waals surface area contributed by atoms with Crippen molar-refractivity contribution in [2.45, 2.75) is 12.8 Å². The van der Waals surface area contributed by atoms with Crippen LogP contribution in [0.15, 0.2) is 12.2 Å². The minimum Gasteiger partial charge on any atom is -0.393 e. The molecule has 16 heavy (non-hydrogen) atoms. The van der Waals surface area contributed by atoms with Gasteiger partial charge in [-0.05, 0) is 24.7 Å². The van der Waals surface area contributed by atoms with Crippen molar-refractivity contribution >= 4 is 17.7 Å². The molecule has 4 nitrogen and oxygen atoms in total. The minimum atomic E-state index is -0.860. The lowest BCUT2D eigenvalue weighted by molar-refractivity contribution is -0.153. The van der Waals surface area contributed by atoms with E-state index >= 15 is 0 Å². The van der Waals surface area contributed by atoms with E-state index in [1.807, 2.05) is 12.5 Å². The van der Waals surface area contributed by atoms with E-state index in [0.29, 0.717) is 5.92 Å². The van der Waals surface area contributed by atoms with Crippen molar-refractivity contribution in [3.8, 4) is 0 Å². The second-order valence-electron chi connectivity index (χ2n) is 4.62. The number of carbonyl (C=O) groups excluding carboxylic acids is 3. The van der Waals surface area contributed by atoms with Crippen LogP contribution in [0.5, 0.6) is 0 Å². The summed E-state index contributed by atoms with van der Waals surface area (Å²) in [6.45, 7) is 0. The first-order chi connectivity index (χ1) is 7.65. The Morgan fingerprint density at radius 1 is 1.31 bits per heavy atom. The number of fused-ring (bicyclic) bond motifs is 2. The fourth-order valence-corrected chi connectivity index (χ4v) is 2.80. The Balaban J connectivity index is 1.76. The van der Waals surface area contributed by atoms with Crippen molar-refractivity contribution in [2.24, 2.45) is 23.7 Å². The molecule has 0 spiro atoms. The molecule has 0 aromatic carbocycles. The standard InChI is InChI=1S/C12H11O4/c13-10-5-9(12(15)16-10)11(14)8-4-6-1-2-7(8)3-6/h1-2,4,6-9H,3,5H2. The van der Waals surface area contributed by atoms with Crippen molar-refractivity contribution in [1.29, 1.82) is 0 Å². The Bertz CT molecular complexity index is 409. The number of cyclic esters (lactones) is 2. The van der Waals surface area contributed by atoms with Crippen LogP contribution < -0.4 is 0 Å². The van der Waals surface area contributed by atoms with Gasteiger partial charge in [0.2, 0.25) is 0 Å². The Morgan fingerprint density at radius 2 is 2.12 bits per heavy atom. The van der Waals surface area contributed by atoms with Crippen LogP contribution in [0.3, 0.4) is 0 Å². The molecular weight excluding hydrogens is 208 g/mol. The molecule has 4 unspecified atom stereocenters. The monoisotopic (exact) mass is 219 g/mol. The predicted octanol–water partition coefficient (Wildman–Crippen LogP) is 0.672. The van der Waals surface area contributed by atoms with Crippen molar-refractivity contribution in [2.75, 3.05) is 0 Å². The molecule has 3 rings (SSSR count). The van der Waals surface area contributed by atoms with E-state index in [1.165, 1.54) is 0 Å². The third-order valence-electron chi connectivity index (χ3n) is 3.61. The van der Waals surface area contributed by atoms with Gasteiger partial charge in [0, 0.05) is 5.92 Å². The Kier molecular flexibility index (Phi) is 1.99. The van der Waals surface area contributed by atoms with Crippen LogP contribution in [0.4, 0.5) is 0 Å².